The first-order valence-electron chi connectivity index (χ1n) is 6.06. The molecule has 110 valence electrons. The fourth-order valence-electron chi connectivity index (χ4n) is 1.88. The minimum absolute atomic E-state index is 0.0272. The molecule has 2 aromatic rings. The molecule has 2 rings (SSSR count). The lowest BCUT2D eigenvalue weighted by Gasteiger charge is -2.08. The monoisotopic (exact) mass is 324 g/mol. The first-order chi connectivity index (χ1) is 9.77. The van der Waals surface area contributed by atoms with Crippen molar-refractivity contribution in [3.63, 3.8) is 0 Å². The Morgan fingerprint density at radius 1 is 1.19 bits per heavy atom. The highest BCUT2D eigenvalue weighted by atomic mass is 35.7. The number of carbonyl (C=O) groups is 1. The number of nitrogens with zero attached hydrogens (tertiary/aromatic N) is 1. The SMILES string of the molecule is Cc1cncc(C(=O)Nc2ccc(S(=O)(=O)Cl)c(C)c2)c1. The average molecular weight is 325 g/mol. The van der Waals surface area contributed by atoms with Gasteiger partial charge in [-0.15, -0.1) is 0 Å². The Hall–Kier alpha value is -1.92. The number of benzene rings is 1. The highest BCUT2D eigenvalue weighted by Crippen LogP contribution is 2.23. The molecule has 0 radical (unpaired) electrons. The lowest BCUT2D eigenvalue weighted by molar-refractivity contribution is 0.102. The number of nitrogens with one attached hydrogen (secondary N) is 1. The molecule has 1 heterocycles. The van der Waals surface area contributed by atoms with Crippen LogP contribution in [0.15, 0.2) is 41.6 Å². The summed E-state index contributed by atoms with van der Waals surface area (Å²) in [5.41, 5.74) is 2.26. The molecule has 0 unspecified atom stereocenters. The number of anilines is 1. The summed E-state index contributed by atoms with van der Waals surface area (Å²) in [5.74, 6) is -0.313. The van der Waals surface area contributed by atoms with Crippen LogP contribution in [0.1, 0.15) is 21.5 Å². The maximum absolute atomic E-state index is 12.1. The van der Waals surface area contributed by atoms with E-state index in [0.29, 0.717) is 16.8 Å². The van der Waals surface area contributed by atoms with Gasteiger partial charge in [0.05, 0.1) is 10.5 Å². The summed E-state index contributed by atoms with van der Waals surface area (Å²) in [6.45, 7) is 3.45. The third-order valence-electron chi connectivity index (χ3n) is 2.83. The van der Waals surface area contributed by atoms with Gasteiger partial charge in [-0.25, -0.2) is 8.42 Å². The quantitative estimate of drug-likeness (QED) is 0.881. The summed E-state index contributed by atoms with van der Waals surface area (Å²) in [6, 6.07) is 6.12. The normalized spacial score (nSPS) is 11.2. The van der Waals surface area contributed by atoms with Crippen LogP contribution >= 0.6 is 10.7 Å². The number of rotatable bonds is 3. The molecule has 1 amide bonds. The molecule has 0 saturated carbocycles. The molecule has 0 bridgehead atoms. The highest BCUT2D eigenvalue weighted by molar-refractivity contribution is 8.13. The second kappa shape index (κ2) is 5.83. The molecular weight excluding hydrogens is 312 g/mol. The van der Waals surface area contributed by atoms with Crippen LogP contribution in [0.3, 0.4) is 0 Å². The summed E-state index contributed by atoms with van der Waals surface area (Å²) in [4.78, 5) is 16.0. The zero-order valence-electron chi connectivity index (χ0n) is 11.4. The third-order valence-corrected chi connectivity index (χ3v) is 4.31. The van der Waals surface area contributed by atoms with Crippen molar-refractivity contribution in [2.75, 3.05) is 5.32 Å². The van der Waals surface area contributed by atoms with Crippen molar-refractivity contribution in [1.82, 2.24) is 4.98 Å². The molecule has 1 aromatic carbocycles. The van der Waals surface area contributed by atoms with Crippen molar-refractivity contribution in [3.05, 3.63) is 53.3 Å². The number of halogens is 1. The van der Waals surface area contributed by atoms with E-state index in [1.807, 2.05) is 6.92 Å². The molecule has 0 aliphatic rings. The van der Waals surface area contributed by atoms with Gasteiger partial charge in [0.15, 0.2) is 0 Å². The van der Waals surface area contributed by atoms with Crippen molar-refractivity contribution >= 4 is 31.3 Å². The van der Waals surface area contributed by atoms with Crippen molar-refractivity contribution in [1.29, 1.82) is 0 Å². The lowest BCUT2D eigenvalue weighted by atomic mass is 10.2. The largest absolute Gasteiger partial charge is 0.322 e. The molecule has 0 fully saturated rings. The van der Waals surface area contributed by atoms with Gasteiger partial charge in [0, 0.05) is 28.8 Å². The predicted molar refractivity (Wildman–Crippen MR) is 81.1 cm³/mol. The highest BCUT2D eigenvalue weighted by Gasteiger charge is 2.14. The predicted octanol–water partition coefficient (Wildman–Crippen LogP) is 2.88. The first kappa shape index (κ1) is 15.5. The van der Waals surface area contributed by atoms with E-state index in [0.717, 1.165) is 5.56 Å². The molecule has 0 atom stereocenters. The molecule has 0 aliphatic carbocycles. The number of amides is 1. The summed E-state index contributed by atoms with van der Waals surface area (Å²) in [6.07, 6.45) is 3.12. The van der Waals surface area contributed by atoms with Crippen LogP contribution in [0.25, 0.3) is 0 Å². The van der Waals surface area contributed by atoms with Gasteiger partial charge in [-0.2, -0.15) is 0 Å². The molecular formula is C14H13ClN2O3S. The average Bonchev–Trinajstić information content (AvgIpc) is 2.37. The van der Waals surface area contributed by atoms with E-state index in [-0.39, 0.29) is 10.8 Å². The van der Waals surface area contributed by atoms with Gasteiger partial charge in [-0.05, 0) is 49.2 Å². The Bertz CT molecular complexity index is 804. The molecule has 1 N–H and O–H groups in total. The number of aromatic nitrogens is 1. The number of hydrogen-bond acceptors (Lipinski definition) is 4. The molecule has 1 aromatic heterocycles. The van der Waals surface area contributed by atoms with Crippen LogP contribution in [0.2, 0.25) is 0 Å². The van der Waals surface area contributed by atoms with Gasteiger partial charge in [-0.3, -0.25) is 9.78 Å². The van der Waals surface area contributed by atoms with E-state index in [4.69, 9.17) is 10.7 Å². The molecule has 0 spiro atoms. The fourth-order valence-corrected chi connectivity index (χ4v) is 3.08. The van der Waals surface area contributed by atoms with Crippen LogP contribution in [0, 0.1) is 13.8 Å². The Labute approximate surface area is 127 Å². The summed E-state index contributed by atoms with van der Waals surface area (Å²) in [7, 11) is 1.52. The van der Waals surface area contributed by atoms with Crippen molar-refractivity contribution < 1.29 is 13.2 Å². The van der Waals surface area contributed by atoms with Gasteiger partial charge >= 0.3 is 0 Å². The van der Waals surface area contributed by atoms with Crippen LogP contribution in [0.4, 0.5) is 5.69 Å². The Morgan fingerprint density at radius 2 is 1.90 bits per heavy atom. The fraction of sp³-hybridized carbons (Fsp3) is 0.143. The maximum Gasteiger partial charge on any atom is 0.261 e. The molecule has 7 heteroatoms. The second-order valence-electron chi connectivity index (χ2n) is 4.62. The van der Waals surface area contributed by atoms with Gasteiger partial charge in [0.25, 0.3) is 15.0 Å². The standard InChI is InChI=1S/C14H13ClN2O3S/c1-9-5-11(8-16-7-9)14(18)17-12-3-4-13(10(2)6-12)21(15,19)20/h3-8H,1-2H3,(H,17,18). The molecule has 0 saturated heterocycles. The topological polar surface area (TPSA) is 76.1 Å². The maximum atomic E-state index is 12.1. The zero-order chi connectivity index (χ0) is 15.6. The lowest BCUT2D eigenvalue weighted by Crippen LogP contribution is -2.12. The Kier molecular flexibility index (Phi) is 4.29. The first-order valence-corrected chi connectivity index (χ1v) is 8.36. The van der Waals surface area contributed by atoms with E-state index < -0.39 is 9.05 Å². The van der Waals surface area contributed by atoms with Crippen molar-refractivity contribution in [2.45, 2.75) is 18.7 Å². The Morgan fingerprint density at radius 3 is 2.48 bits per heavy atom. The summed E-state index contributed by atoms with van der Waals surface area (Å²) >= 11 is 0. The number of hydrogen-bond donors (Lipinski definition) is 1. The van der Waals surface area contributed by atoms with E-state index >= 15 is 0 Å². The number of aryl methyl sites for hydroxylation is 2. The van der Waals surface area contributed by atoms with Gasteiger partial charge in [0.2, 0.25) is 0 Å². The van der Waals surface area contributed by atoms with Gasteiger partial charge < -0.3 is 5.32 Å². The van der Waals surface area contributed by atoms with Crippen LogP contribution in [0.5, 0.6) is 0 Å². The van der Waals surface area contributed by atoms with Crippen LogP contribution in [-0.2, 0) is 9.05 Å². The minimum Gasteiger partial charge on any atom is -0.322 e. The molecule has 21 heavy (non-hydrogen) atoms. The van der Waals surface area contributed by atoms with Crippen LogP contribution in [-0.4, -0.2) is 19.3 Å². The second-order valence-corrected chi connectivity index (χ2v) is 7.16. The zero-order valence-corrected chi connectivity index (χ0v) is 13.0. The molecule has 5 nitrogen and oxygen atoms in total. The number of carbonyl (C=O) groups excluding carboxylic acids is 1. The summed E-state index contributed by atoms with van der Waals surface area (Å²) in [5, 5.41) is 2.69. The van der Waals surface area contributed by atoms with E-state index in [2.05, 4.69) is 10.3 Å². The van der Waals surface area contributed by atoms with Gasteiger partial charge in [-0.1, -0.05) is 0 Å². The van der Waals surface area contributed by atoms with E-state index in [1.54, 1.807) is 25.3 Å². The third kappa shape index (κ3) is 3.80. The smallest absolute Gasteiger partial charge is 0.261 e. The summed E-state index contributed by atoms with van der Waals surface area (Å²) < 4.78 is 22.6. The number of pyridine rings is 1. The van der Waals surface area contributed by atoms with Crippen molar-refractivity contribution in [2.24, 2.45) is 0 Å². The van der Waals surface area contributed by atoms with Gasteiger partial charge in [0.1, 0.15) is 0 Å². The minimum atomic E-state index is -3.79. The van der Waals surface area contributed by atoms with E-state index in [1.165, 1.54) is 18.3 Å². The molecule has 0 aliphatic heterocycles. The Balaban J connectivity index is 2.25. The van der Waals surface area contributed by atoms with Crippen molar-refractivity contribution in [3.8, 4) is 0 Å². The van der Waals surface area contributed by atoms with E-state index in [9.17, 15) is 13.2 Å². The van der Waals surface area contributed by atoms with Crippen LogP contribution < -0.4 is 5.32 Å².